The number of rotatable bonds is 9. The van der Waals surface area contributed by atoms with E-state index in [0.717, 1.165) is 25.7 Å². The van der Waals surface area contributed by atoms with E-state index in [1.807, 2.05) is 13.8 Å². The summed E-state index contributed by atoms with van der Waals surface area (Å²) >= 11 is 0. The van der Waals surface area contributed by atoms with E-state index in [4.69, 9.17) is 13.7 Å². The van der Waals surface area contributed by atoms with Gasteiger partial charge in [-0.1, -0.05) is 34.6 Å². The first-order chi connectivity index (χ1) is 20.5. The van der Waals surface area contributed by atoms with Gasteiger partial charge < -0.3 is 39.6 Å². The molecule has 1 heterocycles. The maximum atomic E-state index is 12.0. The molecule has 5 N–H and O–H groups in total. The van der Waals surface area contributed by atoms with Crippen molar-refractivity contribution in [2.45, 2.75) is 141 Å². The van der Waals surface area contributed by atoms with Crippen LogP contribution in [0.5, 0.6) is 0 Å². The second-order valence-corrected chi connectivity index (χ2v) is 16.8. The van der Waals surface area contributed by atoms with Crippen LogP contribution >= 0.6 is 0 Å². The van der Waals surface area contributed by atoms with Crippen LogP contribution in [0.3, 0.4) is 0 Å². The Kier molecular flexibility index (Phi) is 12.3. The van der Waals surface area contributed by atoms with Gasteiger partial charge in [0.25, 0.3) is 0 Å². The van der Waals surface area contributed by atoms with Crippen LogP contribution in [-0.4, -0.2) is 94.1 Å². The summed E-state index contributed by atoms with van der Waals surface area (Å²) in [5.74, 6) is 0.383. The Labute approximate surface area is 291 Å². The quantitative estimate of drug-likeness (QED) is 0.119. The molecule has 0 aromatic rings. The summed E-state index contributed by atoms with van der Waals surface area (Å²) in [6.07, 6.45) is -0.716. The van der Waals surface area contributed by atoms with Crippen LogP contribution in [0.25, 0.3) is 0 Å². The van der Waals surface area contributed by atoms with Crippen molar-refractivity contribution in [2.75, 3.05) is 6.61 Å². The van der Waals surface area contributed by atoms with Crippen LogP contribution < -0.4 is 29.6 Å². The molecular weight excluding hydrogens is 615 g/mol. The molecule has 256 valence electrons. The molecule has 45 heavy (non-hydrogen) atoms. The Bertz CT molecular complexity index is 1110. The molecule has 1 aliphatic heterocycles. The Morgan fingerprint density at radius 3 is 2.20 bits per heavy atom. The molecule has 5 fully saturated rings. The van der Waals surface area contributed by atoms with Crippen LogP contribution in [0.15, 0.2) is 0 Å². The van der Waals surface area contributed by atoms with Crippen molar-refractivity contribution in [1.29, 1.82) is 0 Å². The molecule has 0 spiro atoms. The molecule has 5 unspecified atom stereocenters. The number of aliphatic hydroxyl groups is 5. The van der Waals surface area contributed by atoms with Gasteiger partial charge in [-0.25, -0.2) is 8.42 Å². The fourth-order valence-electron chi connectivity index (χ4n) is 10.7. The Morgan fingerprint density at radius 2 is 1.56 bits per heavy atom. The van der Waals surface area contributed by atoms with Crippen molar-refractivity contribution in [2.24, 2.45) is 52.3 Å². The Morgan fingerprint density at radius 1 is 0.889 bits per heavy atom. The van der Waals surface area contributed by atoms with Gasteiger partial charge in [-0.3, -0.25) is 4.18 Å². The Hall–Kier alpha value is 0.590. The van der Waals surface area contributed by atoms with E-state index >= 15 is 0 Å². The van der Waals surface area contributed by atoms with E-state index in [9.17, 15) is 38.5 Å². The van der Waals surface area contributed by atoms with Crippen molar-refractivity contribution in [3.8, 4) is 0 Å². The van der Waals surface area contributed by atoms with E-state index in [0.29, 0.717) is 32.1 Å². The Balaban J connectivity index is 0.00000461. The van der Waals surface area contributed by atoms with Gasteiger partial charge >= 0.3 is 29.6 Å². The van der Waals surface area contributed by atoms with Crippen LogP contribution in [0.2, 0.25) is 0 Å². The summed E-state index contributed by atoms with van der Waals surface area (Å²) in [4.78, 5) is 0. The normalized spacial score (nSPS) is 48.1. The zero-order chi connectivity index (χ0) is 32.4. The number of hydrogen-bond acceptors (Lipinski definition) is 11. The standard InChI is InChI=1S/C32H56O11S.Na/c1-16(2)25(42-30-29(37)28(36)24(35)15-41-30)7-6-17(3)21-14-26(43-44(38,39)40)27-19-13-23(34)22-12-18(33)8-10-31(22,4)20(19)9-11-32(21,27)5;/h16-30,33-37H,6-15H2,1-5H3,(H,38,39,40);/q;+1/p-1/t17-,18+,19-,20+,21-,22?,23+,24?,25+,26+,27-,28?,29?,30?,31-,32-;/m1./s1. The minimum atomic E-state index is -4.94. The summed E-state index contributed by atoms with van der Waals surface area (Å²) in [7, 11) is -4.94. The number of ether oxygens (including phenoxy) is 2. The van der Waals surface area contributed by atoms with Gasteiger partial charge in [0.15, 0.2) is 6.29 Å². The maximum absolute atomic E-state index is 12.0. The molecule has 0 aromatic carbocycles. The van der Waals surface area contributed by atoms with E-state index in [1.165, 1.54) is 0 Å². The van der Waals surface area contributed by atoms with Crippen LogP contribution in [0, 0.1) is 52.3 Å². The van der Waals surface area contributed by atoms with Gasteiger partial charge in [0.1, 0.15) is 18.3 Å². The van der Waals surface area contributed by atoms with Crippen LogP contribution in [0.4, 0.5) is 0 Å². The fraction of sp³-hybridized carbons (Fsp3) is 1.00. The van der Waals surface area contributed by atoms with E-state index in [-0.39, 0.29) is 94.5 Å². The van der Waals surface area contributed by atoms with E-state index < -0.39 is 53.3 Å². The molecule has 16 atom stereocenters. The van der Waals surface area contributed by atoms with Gasteiger partial charge in [-0.15, -0.1) is 0 Å². The smallest absolute Gasteiger partial charge is 0.726 e. The first-order valence-electron chi connectivity index (χ1n) is 16.8. The molecule has 11 nitrogen and oxygen atoms in total. The van der Waals surface area contributed by atoms with Gasteiger partial charge in [-0.05, 0) is 110 Å². The zero-order valence-electron chi connectivity index (χ0n) is 27.8. The van der Waals surface area contributed by atoms with Crippen molar-refractivity contribution >= 4 is 10.4 Å². The summed E-state index contributed by atoms with van der Waals surface area (Å²) < 4.78 is 53.0. The fourth-order valence-corrected chi connectivity index (χ4v) is 11.3. The van der Waals surface area contributed by atoms with E-state index in [2.05, 4.69) is 20.8 Å². The third-order valence-corrected chi connectivity index (χ3v) is 13.5. The summed E-state index contributed by atoms with van der Waals surface area (Å²) in [6, 6.07) is 0. The molecule has 0 aromatic heterocycles. The molecule has 0 radical (unpaired) electrons. The van der Waals surface area contributed by atoms with Gasteiger partial charge in [0.2, 0.25) is 10.4 Å². The second-order valence-electron chi connectivity index (χ2n) is 15.8. The molecule has 0 bridgehead atoms. The molecule has 5 rings (SSSR count). The van der Waals surface area contributed by atoms with Crippen molar-refractivity contribution < 1.29 is 81.7 Å². The SMILES string of the molecule is CC(C)[C@H](CC[C@@H](C)[C@H]1C[C@H](OS(=O)(=O)[O-])[C@H]2[C@@H]3C[C@H](O)C4C[C@@H](O)CC[C@]4(C)[C@H]3CC[C@@]21C)OC1OCC(O)C(O)C1O.[Na+]. The first-order valence-corrected chi connectivity index (χ1v) is 18.1. The van der Waals surface area contributed by atoms with Crippen LogP contribution in [-0.2, 0) is 24.1 Å². The molecular formula is C32H55NaO11S. The topological polar surface area (TPSA) is 186 Å². The van der Waals surface area contributed by atoms with Gasteiger partial charge in [0, 0.05) is 0 Å². The van der Waals surface area contributed by atoms with Crippen LogP contribution in [0.1, 0.15) is 92.4 Å². The molecule has 5 aliphatic rings. The third-order valence-electron chi connectivity index (χ3n) is 13.0. The zero-order valence-corrected chi connectivity index (χ0v) is 30.6. The van der Waals surface area contributed by atoms with Crippen molar-refractivity contribution in [1.82, 2.24) is 0 Å². The molecule has 0 amide bonds. The number of hydrogen-bond donors (Lipinski definition) is 5. The minimum Gasteiger partial charge on any atom is -0.726 e. The summed E-state index contributed by atoms with van der Waals surface area (Å²) in [5, 5.41) is 52.1. The number of fused-ring (bicyclic) bond motifs is 5. The third kappa shape index (κ3) is 7.54. The largest absolute Gasteiger partial charge is 1.00 e. The first kappa shape index (κ1) is 38.4. The van der Waals surface area contributed by atoms with E-state index in [1.54, 1.807) is 0 Å². The van der Waals surface area contributed by atoms with Gasteiger partial charge in [-0.2, -0.15) is 0 Å². The minimum absolute atomic E-state index is 0. The average molecular weight is 671 g/mol. The van der Waals surface area contributed by atoms with Crippen molar-refractivity contribution in [3.05, 3.63) is 0 Å². The molecule has 4 aliphatic carbocycles. The monoisotopic (exact) mass is 670 g/mol. The van der Waals surface area contributed by atoms with Gasteiger partial charge in [0.05, 0.1) is 31.0 Å². The second kappa shape index (κ2) is 14.4. The molecule has 4 saturated carbocycles. The van der Waals surface area contributed by atoms with Crippen molar-refractivity contribution in [3.63, 3.8) is 0 Å². The maximum Gasteiger partial charge on any atom is 1.00 e. The number of aliphatic hydroxyl groups excluding tert-OH is 5. The molecule has 1 saturated heterocycles. The molecule has 13 heteroatoms. The average Bonchev–Trinajstić information content (AvgIpc) is 3.22. The predicted molar refractivity (Wildman–Crippen MR) is 158 cm³/mol. The predicted octanol–water partition coefficient (Wildman–Crippen LogP) is -0.667. The summed E-state index contributed by atoms with van der Waals surface area (Å²) in [5.41, 5.74) is -0.450. The summed E-state index contributed by atoms with van der Waals surface area (Å²) in [6.45, 7) is 10.5.